The van der Waals surface area contributed by atoms with Gasteiger partial charge < -0.3 is 0 Å². The van der Waals surface area contributed by atoms with Gasteiger partial charge in [0.2, 0.25) is 0 Å². The molecule has 3 nitrogen and oxygen atoms in total. The van der Waals surface area contributed by atoms with E-state index in [-0.39, 0.29) is 34.5 Å². The molecule has 1 aromatic rings. The maximum Gasteiger partial charge on any atom is 1.00 e. The minimum absolute atomic E-state index is 0. The van der Waals surface area contributed by atoms with Crippen LogP contribution in [0, 0.1) is 0 Å². The minimum Gasteiger partial charge on any atom is -0.282 e. The van der Waals surface area contributed by atoms with Crippen molar-refractivity contribution in [3.05, 3.63) is 29.8 Å². The Labute approximate surface area is 136 Å². The molecule has 18 heavy (non-hydrogen) atoms. The Bertz CT molecular complexity index is 431. The van der Waals surface area contributed by atoms with Crippen LogP contribution in [0.1, 0.15) is 31.2 Å². The number of hydrogen-bond acceptors (Lipinski definition) is 2. The van der Waals surface area contributed by atoms with Gasteiger partial charge in [-0.05, 0) is 37.0 Å². The molecule has 0 aliphatic carbocycles. The Balaban J connectivity index is 0.00000289. The molecule has 0 saturated heterocycles. The maximum atomic E-state index is 10.8. The van der Waals surface area contributed by atoms with Gasteiger partial charge in [0.05, 0.1) is 4.90 Å². The van der Waals surface area contributed by atoms with Gasteiger partial charge in [0, 0.05) is 5.88 Å². The first-order valence-corrected chi connectivity index (χ1v) is 7.64. The molecular weight excluding hydrogens is 283 g/mol. The maximum absolute atomic E-state index is 10.8. The SMILES string of the molecule is O=S(=O)(O)c1ccc(CCCCCCCl)cc1.[Na+]. The van der Waals surface area contributed by atoms with Gasteiger partial charge in [0.15, 0.2) is 0 Å². The van der Waals surface area contributed by atoms with Crippen molar-refractivity contribution >= 4 is 21.7 Å². The Kier molecular flexibility index (Phi) is 9.56. The van der Waals surface area contributed by atoms with Gasteiger partial charge in [-0.25, -0.2) is 0 Å². The molecule has 1 rings (SSSR count). The zero-order chi connectivity index (χ0) is 12.7. The predicted octanol–water partition coefficient (Wildman–Crippen LogP) is 0.279. The van der Waals surface area contributed by atoms with E-state index in [9.17, 15) is 8.42 Å². The number of rotatable bonds is 7. The number of unbranched alkanes of at least 4 members (excludes halogenated alkanes) is 3. The summed E-state index contributed by atoms with van der Waals surface area (Å²) in [5.41, 5.74) is 1.09. The van der Waals surface area contributed by atoms with Crippen molar-refractivity contribution in [3.8, 4) is 0 Å². The summed E-state index contributed by atoms with van der Waals surface area (Å²) in [6, 6.07) is 6.35. The van der Waals surface area contributed by atoms with Crippen molar-refractivity contribution in [1.29, 1.82) is 0 Å². The number of hydrogen-bond donors (Lipinski definition) is 1. The van der Waals surface area contributed by atoms with Gasteiger partial charge in [-0.2, -0.15) is 8.42 Å². The summed E-state index contributed by atoms with van der Waals surface area (Å²) in [4.78, 5) is -0.0524. The average Bonchev–Trinajstić information content (AvgIpc) is 2.28. The van der Waals surface area contributed by atoms with Crippen molar-refractivity contribution in [2.45, 2.75) is 37.0 Å². The number of alkyl halides is 1. The first kappa shape index (κ1) is 18.4. The van der Waals surface area contributed by atoms with Gasteiger partial charge in [-0.1, -0.05) is 25.0 Å². The zero-order valence-corrected chi connectivity index (χ0v) is 14.2. The first-order chi connectivity index (χ1) is 8.04. The van der Waals surface area contributed by atoms with Crippen LogP contribution in [0.15, 0.2) is 29.2 Å². The summed E-state index contributed by atoms with van der Waals surface area (Å²) in [5, 5.41) is 0. The molecule has 0 heterocycles. The molecule has 0 amide bonds. The fourth-order valence-electron chi connectivity index (χ4n) is 1.61. The van der Waals surface area contributed by atoms with E-state index in [2.05, 4.69) is 0 Å². The summed E-state index contributed by atoms with van der Waals surface area (Å²) in [7, 11) is -4.07. The minimum atomic E-state index is -4.07. The van der Waals surface area contributed by atoms with Gasteiger partial charge in [0.25, 0.3) is 10.1 Å². The molecule has 0 spiro atoms. The quantitative estimate of drug-likeness (QED) is 0.340. The van der Waals surface area contributed by atoms with Crippen LogP contribution in [0.5, 0.6) is 0 Å². The molecule has 0 aliphatic heterocycles. The monoisotopic (exact) mass is 299 g/mol. The third kappa shape index (κ3) is 7.12. The predicted molar refractivity (Wildman–Crippen MR) is 69.1 cm³/mol. The zero-order valence-electron chi connectivity index (χ0n) is 10.6. The molecule has 1 aromatic carbocycles. The van der Waals surface area contributed by atoms with Crippen LogP contribution in [0.4, 0.5) is 0 Å². The van der Waals surface area contributed by atoms with E-state index in [0.717, 1.165) is 37.7 Å². The number of halogens is 1. The second kappa shape index (κ2) is 9.34. The molecular formula is C12H17ClNaO3S+. The second-order valence-corrected chi connectivity index (χ2v) is 5.77. The average molecular weight is 300 g/mol. The summed E-state index contributed by atoms with van der Waals surface area (Å²) in [5.74, 6) is 0.711. The molecule has 1 N–H and O–H groups in total. The van der Waals surface area contributed by atoms with Crippen LogP contribution >= 0.6 is 11.6 Å². The van der Waals surface area contributed by atoms with E-state index < -0.39 is 10.1 Å². The van der Waals surface area contributed by atoms with Gasteiger partial charge in [0.1, 0.15) is 0 Å². The van der Waals surface area contributed by atoms with Crippen LogP contribution < -0.4 is 29.6 Å². The largest absolute Gasteiger partial charge is 1.00 e. The molecule has 0 atom stereocenters. The van der Waals surface area contributed by atoms with E-state index in [0.29, 0.717) is 5.88 Å². The molecule has 96 valence electrons. The van der Waals surface area contributed by atoms with E-state index >= 15 is 0 Å². The van der Waals surface area contributed by atoms with Crippen LogP contribution in [-0.2, 0) is 16.5 Å². The fourth-order valence-corrected chi connectivity index (χ4v) is 2.27. The molecule has 0 fully saturated rings. The van der Waals surface area contributed by atoms with Crippen molar-refractivity contribution in [2.75, 3.05) is 5.88 Å². The van der Waals surface area contributed by atoms with E-state index in [1.165, 1.54) is 12.1 Å². The number of aryl methyl sites for hydroxylation is 1. The Morgan fingerprint density at radius 2 is 1.56 bits per heavy atom. The molecule has 0 saturated carbocycles. The van der Waals surface area contributed by atoms with Gasteiger partial charge in [-0.15, -0.1) is 11.6 Å². The van der Waals surface area contributed by atoms with Crippen LogP contribution in [0.25, 0.3) is 0 Å². The molecule has 0 aliphatic rings. The van der Waals surface area contributed by atoms with Gasteiger partial charge >= 0.3 is 29.6 Å². The van der Waals surface area contributed by atoms with Crippen LogP contribution in [0.2, 0.25) is 0 Å². The first-order valence-electron chi connectivity index (χ1n) is 5.66. The second-order valence-electron chi connectivity index (χ2n) is 3.97. The van der Waals surface area contributed by atoms with E-state index in [1.807, 2.05) is 0 Å². The van der Waals surface area contributed by atoms with Crippen molar-refractivity contribution in [1.82, 2.24) is 0 Å². The molecule has 0 aromatic heterocycles. The van der Waals surface area contributed by atoms with Crippen LogP contribution in [0.3, 0.4) is 0 Å². The third-order valence-corrected chi connectivity index (χ3v) is 3.71. The van der Waals surface area contributed by atoms with Crippen molar-refractivity contribution in [2.24, 2.45) is 0 Å². The third-order valence-electron chi connectivity index (χ3n) is 2.57. The molecule has 0 unspecified atom stereocenters. The van der Waals surface area contributed by atoms with Crippen LogP contribution in [-0.4, -0.2) is 18.9 Å². The topological polar surface area (TPSA) is 54.4 Å². The van der Waals surface area contributed by atoms with E-state index in [1.54, 1.807) is 12.1 Å². The van der Waals surface area contributed by atoms with E-state index in [4.69, 9.17) is 16.2 Å². The molecule has 0 radical (unpaired) electrons. The Morgan fingerprint density at radius 3 is 2.06 bits per heavy atom. The smallest absolute Gasteiger partial charge is 0.282 e. The van der Waals surface area contributed by atoms with Crippen molar-refractivity contribution < 1.29 is 42.5 Å². The summed E-state index contributed by atoms with van der Waals surface area (Å²) >= 11 is 5.58. The number of benzene rings is 1. The van der Waals surface area contributed by atoms with Crippen molar-refractivity contribution in [3.63, 3.8) is 0 Å². The normalized spacial score (nSPS) is 11.0. The fraction of sp³-hybridized carbons (Fsp3) is 0.500. The Morgan fingerprint density at radius 1 is 1.00 bits per heavy atom. The molecule has 6 heteroatoms. The Hall–Kier alpha value is 0.420. The summed E-state index contributed by atoms with van der Waals surface area (Å²) in [6.45, 7) is 0. The standard InChI is InChI=1S/C12H17ClO3S.Na/c13-10-4-2-1-3-5-11-6-8-12(9-7-11)17(14,15)16;/h6-9H,1-5,10H2,(H,14,15,16);/q;+1. The summed E-state index contributed by atoms with van der Waals surface area (Å²) < 4.78 is 30.5. The molecule has 0 bridgehead atoms. The van der Waals surface area contributed by atoms with Gasteiger partial charge in [-0.3, -0.25) is 4.55 Å². The summed E-state index contributed by atoms with van der Waals surface area (Å²) in [6.07, 6.45) is 5.30.